The average molecular weight is 245 g/mol. The number of hydrogen-bond donors (Lipinski definition) is 1. The maximum atomic E-state index is 8.36. The molecule has 0 aliphatic carbocycles. The fraction of sp³-hybridized carbons (Fsp3) is 0.300. The summed E-state index contributed by atoms with van der Waals surface area (Å²) in [6.45, 7) is 0.788. The summed E-state index contributed by atoms with van der Waals surface area (Å²) in [5.74, 6) is 0.547. The molecular weight excluding hydrogens is 235 g/mol. The Morgan fingerprint density at radius 1 is 1.40 bits per heavy atom. The fourth-order valence-corrected chi connectivity index (χ4v) is 1.60. The molecule has 0 unspecified atom stereocenters. The van der Waals surface area contributed by atoms with Crippen LogP contribution in [-0.2, 0) is 6.54 Å². The highest BCUT2D eigenvalue weighted by molar-refractivity contribution is 6.43. The van der Waals surface area contributed by atoms with E-state index in [0.29, 0.717) is 22.3 Å². The largest absolute Gasteiger partial charge is 0.495 e. The summed E-state index contributed by atoms with van der Waals surface area (Å²) >= 11 is 12.0. The minimum absolute atomic E-state index is 0.278. The van der Waals surface area contributed by atoms with E-state index >= 15 is 0 Å². The van der Waals surface area contributed by atoms with Crippen LogP contribution in [-0.4, -0.2) is 13.7 Å². The minimum atomic E-state index is 0.278. The minimum Gasteiger partial charge on any atom is -0.495 e. The van der Waals surface area contributed by atoms with Crippen molar-refractivity contribution < 1.29 is 4.74 Å². The third-order valence-electron chi connectivity index (χ3n) is 1.87. The highest BCUT2D eigenvalue weighted by Gasteiger charge is 2.09. The van der Waals surface area contributed by atoms with Crippen molar-refractivity contribution in [2.45, 2.75) is 6.54 Å². The van der Waals surface area contributed by atoms with Gasteiger partial charge in [0, 0.05) is 6.54 Å². The molecule has 0 aliphatic heterocycles. The van der Waals surface area contributed by atoms with Gasteiger partial charge in [-0.2, -0.15) is 5.26 Å². The van der Waals surface area contributed by atoms with Crippen LogP contribution in [0.2, 0.25) is 10.0 Å². The Labute approximate surface area is 98.6 Å². The van der Waals surface area contributed by atoms with Gasteiger partial charge in [-0.05, 0) is 11.6 Å². The van der Waals surface area contributed by atoms with Crippen molar-refractivity contribution in [3.63, 3.8) is 0 Å². The summed E-state index contributed by atoms with van der Waals surface area (Å²) < 4.78 is 5.02. The number of methoxy groups -OCH3 is 1. The lowest BCUT2D eigenvalue weighted by Crippen LogP contribution is -2.13. The standard InChI is InChI=1S/C10H10Cl2N2O/c1-15-8-3-2-7(6-14-5-4-13)9(11)10(8)12/h2-3,14H,5-6H2,1H3. The van der Waals surface area contributed by atoms with E-state index in [2.05, 4.69) is 5.32 Å². The normalized spacial score (nSPS) is 9.73. The van der Waals surface area contributed by atoms with Gasteiger partial charge in [-0.3, -0.25) is 0 Å². The van der Waals surface area contributed by atoms with Gasteiger partial charge >= 0.3 is 0 Å². The molecule has 0 radical (unpaired) electrons. The Morgan fingerprint density at radius 2 is 2.13 bits per heavy atom. The van der Waals surface area contributed by atoms with E-state index in [9.17, 15) is 0 Å². The van der Waals surface area contributed by atoms with Crippen LogP contribution in [0, 0.1) is 11.3 Å². The summed E-state index contributed by atoms with van der Waals surface area (Å²) in [6.07, 6.45) is 0. The molecule has 0 aliphatic rings. The van der Waals surface area contributed by atoms with Gasteiger partial charge < -0.3 is 10.1 Å². The van der Waals surface area contributed by atoms with Crippen molar-refractivity contribution in [1.29, 1.82) is 5.26 Å². The molecule has 5 heteroatoms. The van der Waals surface area contributed by atoms with E-state index in [0.717, 1.165) is 5.56 Å². The fourth-order valence-electron chi connectivity index (χ4n) is 1.12. The first-order valence-corrected chi connectivity index (χ1v) is 5.04. The maximum Gasteiger partial charge on any atom is 0.138 e. The second-order valence-electron chi connectivity index (χ2n) is 2.82. The molecule has 3 nitrogen and oxygen atoms in total. The van der Waals surface area contributed by atoms with E-state index in [1.807, 2.05) is 12.1 Å². The molecule has 1 rings (SSSR count). The number of hydrogen-bond acceptors (Lipinski definition) is 3. The van der Waals surface area contributed by atoms with Crippen LogP contribution in [0.25, 0.3) is 0 Å². The van der Waals surface area contributed by atoms with Gasteiger partial charge in [-0.25, -0.2) is 0 Å². The topological polar surface area (TPSA) is 45.0 Å². The van der Waals surface area contributed by atoms with Crippen molar-refractivity contribution in [1.82, 2.24) is 5.32 Å². The van der Waals surface area contributed by atoms with Crippen LogP contribution in [0.5, 0.6) is 5.75 Å². The molecule has 0 saturated carbocycles. The molecule has 0 heterocycles. The van der Waals surface area contributed by atoms with Gasteiger partial charge in [0.1, 0.15) is 10.8 Å². The van der Waals surface area contributed by atoms with Gasteiger partial charge in [-0.15, -0.1) is 0 Å². The molecule has 0 amide bonds. The highest BCUT2D eigenvalue weighted by Crippen LogP contribution is 2.34. The Bertz CT molecular complexity index is 388. The molecule has 0 fully saturated rings. The van der Waals surface area contributed by atoms with Crippen LogP contribution in [0.15, 0.2) is 12.1 Å². The SMILES string of the molecule is COc1ccc(CNCC#N)c(Cl)c1Cl. The number of benzene rings is 1. The van der Waals surface area contributed by atoms with Crippen molar-refractivity contribution in [2.24, 2.45) is 0 Å². The first-order chi connectivity index (χ1) is 7.20. The van der Waals surface area contributed by atoms with E-state index in [1.165, 1.54) is 7.11 Å². The number of halogens is 2. The summed E-state index contributed by atoms with van der Waals surface area (Å²) in [7, 11) is 1.53. The second-order valence-corrected chi connectivity index (χ2v) is 3.57. The smallest absolute Gasteiger partial charge is 0.138 e. The number of nitriles is 1. The molecule has 80 valence electrons. The molecule has 0 saturated heterocycles. The van der Waals surface area contributed by atoms with Gasteiger partial charge in [0.05, 0.1) is 24.7 Å². The van der Waals surface area contributed by atoms with Gasteiger partial charge in [-0.1, -0.05) is 29.3 Å². The molecule has 0 atom stereocenters. The number of nitrogens with one attached hydrogen (secondary N) is 1. The molecule has 1 N–H and O–H groups in total. The second kappa shape index (κ2) is 5.82. The monoisotopic (exact) mass is 244 g/mol. The van der Waals surface area contributed by atoms with Gasteiger partial charge in [0.2, 0.25) is 0 Å². The van der Waals surface area contributed by atoms with E-state index in [4.69, 9.17) is 33.2 Å². The lowest BCUT2D eigenvalue weighted by molar-refractivity contribution is 0.415. The number of nitrogens with zero attached hydrogens (tertiary/aromatic N) is 1. The predicted octanol–water partition coefficient (Wildman–Crippen LogP) is 2.62. The summed E-state index contributed by atoms with van der Waals surface area (Å²) in [4.78, 5) is 0. The lowest BCUT2D eigenvalue weighted by atomic mass is 10.2. The molecular formula is C10H10Cl2N2O. The molecule has 1 aromatic rings. The van der Waals surface area contributed by atoms with E-state index in [-0.39, 0.29) is 6.54 Å². The molecule has 0 aromatic heterocycles. The maximum absolute atomic E-state index is 8.36. The van der Waals surface area contributed by atoms with Crippen molar-refractivity contribution in [2.75, 3.05) is 13.7 Å². The Kier molecular flexibility index (Phi) is 4.70. The zero-order chi connectivity index (χ0) is 11.3. The number of rotatable bonds is 4. The zero-order valence-electron chi connectivity index (χ0n) is 8.18. The van der Waals surface area contributed by atoms with Crippen molar-refractivity contribution in [3.05, 3.63) is 27.7 Å². The molecule has 15 heavy (non-hydrogen) atoms. The van der Waals surface area contributed by atoms with Crippen LogP contribution in [0.4, 0.5) is 0 Å². The Morgan fingerprint density at radius 3 is 2.73 bits per heavy atom. The van der Waals surface area contributed by atoms with Gasteiger partial charge in [0.25, 0.3) is 0 Å². The van der Waals surface area contributed by atoms with Gasteiger partial charge in [0.15, 0.2) is 0 Å². The summed E-state index contributed by atoms with van der Waals surface area (Å²) in [6, 6.07) is 5.55. The first kappa shape index (κ1) is 12.1. The quantitative estimate of drug-likeness (QED) is 0.655. The summed E-state index contributed by atoms with van der Waals surface area (Å²) in [5.41, 5.74) is 0.845. The van der Waals surface area contributed by atoms with Crippen LogP contribution < -0.4 is 10.1 Å². The van der Waals surface area contributed by atoms with Crippen molar-refractivity contribution >= 4 is 23.2 Å². The van der Waals surface area contributed by atoms with Crippen LogP contribution >= 0.6 is 23.2 Å². The third kappa shape index (κ3) is 3.00. The van der Waals surface area contributed by atoms with E-state index in [1.54, 1.807) is 6.07 Å². The average Bonchev–Trinajstić information content (AvgIpc) is 2.25. The molecule has 1 aromatic carbocycles. The highest BCUT2D eigenvalue weighted by atomic mass is 35.5. The zero-order valence-corrected chi connectivity index (χ0v) is 9.69. The molecule has 0 spiro atoms. The Balaban J connectivity index is 2.83. The summed E-state index contributed by atoms with van der Waals surface area (Å²) in [5, 5.41) is 12.1. The lowest BCUT2D eigenvalue weighted by Gasteiger charge is -2.09. The molecule has 0 bridgehead atoms. The van der Waals surface area contributed by atoms with Crippen LogP contribution in [0.3, 0.4) is 0 Å². The third-order valence-corrected chi connectivity index (χ3v) is 2.77. The number of ether oxygens (including phenoxy) is 1. The van der Waals surface area contributed by atoms with E-state index < -0.39 is 0 Å². The first-order valence-electron chi connectivity index (χ1n) is 4.29. The van der Waals surface area contributed by atoms with Crippen LogP contribution in [0.1, 0.15) is 5.56 Å². The van der Waals surface area contributed by atoms with Crippen molar-refractivity contribution in [3.8, 4) is 11.8 Å². The Hall–Kier alpha value is -0.950. The predicted molar refractivity (Wildman–Crippen MR) is 60.3 cm³/mol.